The highest BCUT2D eigenvalue weighted by Gasteiger charge is 2.25. The number of hydrogen-bond donors (Lipinski definition) is 0. The summed E-state index contributed by atoms with van der Waals surface area (Å²) in [4.78, 5) is 0. The maximum Gasteiger partial charge on any atom is 0.0532 e. The van der Waals surface area contributed by atoms with Crippen LogP contribution < -0.4 is 0 Å². The highest BCUT2D eigenvalue weighted by molar-refractivity contribution is 4.94. The van der Waals surface area contributed by atoms with Crippen molar-refractivity contribution in [2.45, 2.75) is 51.4 Å². The third-order valence-corrected chi connectivity index (χ3v) is 3.83. The molecule has 1 heteroatoms. The SMILES string of the molecule is C1=C[C@@H]2COC[C@H]2CCCCCCCC1. The molecule has 0 aromatic heterocycles. The van der Waals surface area contributed by atoms with Crippen molar-refractivity contribution >= 4 is 0 Å². The Balaban J connectivity index is 1.86. The van der Waals surface area contributed by atoms with Gasteiger partial charge < -0.3 is 4.74 Å². The Hall–Kier alpha value is -0.300. The van der Waals surface area contributed by atoms with Crippen molar-refractivity contribution < 1.29 is 4.74 Å². The summed E-state index contributed by atoms with van der Waals surface area (Å²) in [5, 5.41) is 0. The van der Waals surface area contributed by atoms with Crippen LogP contribution in [0.3, 0.4) is 0 Å². The molecule has 1 aliphatic carbocycles. The Morgan fingerprint density at radius 2 is 1.67 bits per heavy atom. The van der Waals surface area contributed by atoms with Gasteiger partial charge in [-0.2, -0.15) is 0 Å². The van der Waals surface area contributed by atoms with Crippen LogP contribution in [-0.2, 0) is 4.74 Å². The fourth-order valence-electron chi connectivity index (χ4n) is 2.77. The van der Waals surface area contributed by atoms with Crippen LogP contribution in [-0.4, -0.2) is 13.2 Å². The van der Waals surface area contributed by atoms with Crippen LogP contribution in [0, 0.1) is 11.8 Å². The highest BCUT2D eigenvalue weighted by atomic mass is 16.5. The average molecular weight is 208 g/mol. The summed E-state index contributed by atoms with van der Waals surface area (Å²) >= 11 is 0. The van der Waals surface area contributed by atoms with E-state index >= 15 is 0 Å². The van der Waals surface area contributed by atoms with Crippen molar-refractivity contribution in [3.63, 3.8) is 0 Å². The lowest BCUT2D eigenvalue weighted by atomic mass is 9.89. The van der Waals surface area contributed by atoms with Crippen molar-refractivity contribution in [3.8, 4) is 0 Å². The first-order valence-electron chi connectivity index (χ1n) is 6.71. The van der Waals surface area contributed by atoms with Crippen molar-refractivity contribution in [3.05, 3.63) is 12.2 Å². The molecule has 0 amide bonds. The molecule has 0 N–H and O–H groups in total. The van der Waals surface area contributed by atoms with Gasteiger partial charge in [-0.3, -0.25) is 0 Å². The lowest BCUT2D eigenvalue weighted by Crippen LogP contribution is -2.10. The second kappa shape index (κ2) is 6.32. The molecule has 0 spiro atoms. The number of rotatable bonds is 0. The second-order valence-corrected chi connectivity index (χ2v) is 5.09. The minimum Gasteiger partial charge on any atom is -0.381 e. The molecule has 0 saturated carbocycles. The van der Waals surface area contributed by atoms with Crippen LogP contribution in [0.15, 0.2) is 12.2 Å². The van der Waals surface area contributed by atoms with E-state index in [-0.39, 0.29) is 0 Å². The quantitative estimate of drug-likeness (QED) is 0.548. The Bertz CT molecular complexity index is 198. The smallest absolute Gasteiger partial charge is 0.0532 e. The van der Waals surface area contributed by atoms with Gasteiger partial charge in [-0.1, -0.05) is 44.3 Å². The predicted octanol–water partition coefficient (Wildman–Crippen LogP) is 3.94. The molecule has 1 saturated heterocycles. The molecule has 1 fully saturated rings. The van der Waals surface area contributed by atoms with Crippen molar-refractivity contribution in [2.75, 3.05) is 13.2 Å². The van der Waals surface area contributed by atoms with Gasteiger partial charge in [0, 0.05) is 5.92 Å². The average Bonchev–Trinajstić information content (AvgIpc) is 2.65. The second-order valence-electron chi connectivity index (χ2n) is 5.09. The molecule has 1 heterocycles. The lowest BCUT2D eigenvalue weighted by molar-refractivity contribution is 0.181. The third-order valence-electron chi connectivity index (χ3n) is 3.83. The molecule has 0 bridgehead atoms. The zero-order valence-electron chi connectivity index (χ0n) is 9.79. The number of fused-ring (bicyclic) bond motifs is 1. The van der Waals surface area contributed by atoms with Crippen LogP contribution in [0.25, 0.3) is 0 Å². The molecular formula is C14H24O. The summed E-state index contributed by atoms with van der Waals surface area (Å²) in [6.07, 6.45) is 16.0. The fraction of sp³-hybridized carbons (Fsp3) is 0.857. The van der Waals surface area contributed by atoms with Gasteiger partial charge in [0.2, 0.25) is 0 Å². The molecule has 0 unspecified atom stereocenters. The normalized spacial score (nSPS) is 34.1. The molecule has 1 nitrogen and oxygen atoms in total. The van der Waals surface area contributed by atoms with E-state index in [0.29, 0.717) is 0 Å². The first-order valence-corrected chi connectivity index (χ1v) is 6.71. The maximum atomic E-state index is 5.60. The molecule has 15 heavy (non-hydrogen) atoms. The minimum absolute atomic E-state index is 0.726. The molecule has 2 rings (SSSR count). The fourth-order valence-corrected chi connectivity index (χ4v) is 2.77. The molecule has 0 aromatic carbocycles. The van der Waals surface area contributed by atoms with Crippen LogP contribution in [0.4, 0.5) is 0 Å². The Morgan fingerprint density at radius 3 is 2.60 bits per heavy atom. The van der Waals surface area contributed by atoms with E-state index < -0.39 is 0 Å². The molecule has 2 aliphatic rings. The molecule has 0 aromatic rings. The predicted molar refractivity (Wildman–Crippen MR) is 63.9 cm³/mol. The van der Waals surface area contributed by atoms with E-state index in [1.165, 1.54) is 51.4 Å². The van der Waals surface area contributed by atoms with E-state index in [2.05, 4.69) is 12.2 Å². The van der Waals surface area contributed by atoms with Gasteiger partial charge in [0.15, 0.2) is 0 Å². The standard InChI is InChI=1S/C14H24O/c1-2-4-6-8-10-14-12-15-11-13(14)9-7-5-3-1/h7,9,13-14H,1-6,8,10-12H2/t13-,14-/m1/s1. The van der Waals surface area contributed by atoms with Crippen molar-refractivity contribution in [1.29, 1.82) is 0 Å². The van der Waals surface area contributed by atoms with Gasteiger partial charge in [0.05, 0.1) is 13.2 Å². The van der Waals surface area contributed by atoms with Gasteiger partial charge in [-0.25, -0.2) is 0 Å². The first kappa shape index (κ1) is 11.2. The minimum atomic E-state index is 0.726. The van der Waals surface area contributed by atoms with Crippen molar-refractivity contribution in [1.82, 2.24) is 0 Å². The molecule has 0 radical (unpaired) electrons. The molecule has 1 aliphatic heterocycles. The van der Waals surface area contributed by atoms with E-state index in [9.17, 15) is 0 Å². The summed E-state index contributed by atoms with van der Waals surface area (Å²) in [6.45, 7) is 1.98. The largest absolute Gasteiger partial charge is 0.381 e. The zero-order chi connectivity index (χ0) is 10.3. The first-order chi connectivity index (χ1) is 7.47. The van der Waals surface area contributed by atoms with Crippen LogP contribution in [0.2, 0.25) is 0 Å². The van der Waals surface area contributed by atoms with Crippen LogP contribution >= 0.6 is 0 Å². The third kappa shape index (κ3) is 3.64. The van der Waals surface area contributed by atoms with Crippen LogP contribution in [0.5, 0.6) is 0 Å². The summed E-state index contributed by atoms with van der Waals surface area (Å²) in [5.74, 6) is 1.55. The zero-order valence-corrected chi connectivity index (χ0v) is 9.79. The van der Waals surface area contributed by atoms with Gasteiger partial charge in [0.1, 0.15) is 0 Å². The Morgan fingerprint density at radius 1 is 0.867 bits per heavy atom. The number of hydrogen-bond acceptors (Lipinski definition) is 1. The van der Waals surface area contributed by atoms with Crippen LogP contribution in [0.1, 0.15) is 51.4 Å². The summed E-state index contributed by atoms with van der Waals surface area (Å²) in [6, 6.07) is 0. The number of ether oxygens (including phenoxy) is 1. The maximum absolute atomic E-state index is 5.60. The monoisotopic (exact) mass is 208 g/mol. The number of allylic oxidation sites excluding steroid dienone is 1. The summed E-state index contributed by atoms with van der Waals surface area (Å²) in [7, 11) is 0. The van der Waals surface area contributed by atoms with Crippen molar-refractivity contribution in [2.24, 2.45) is 11.8 Å². The summed E-state index contributed by atoms with van der Waals surface area (Å²) < 4.78 is 5.60. The van der Waals surface area contributed by atoms with E-state index in [4.69, 9.17) is 4.74 Å². The Labute approximate surface area is 93.9 Å². The van der Waals surface area contributed by atoms with Gasteiger partial charge in [-0.15, -0.1) is 0 Å². The van der Waals surface area contributed by atoms with E-state index in [1.54, 1.807) is 0 Å². The van der Waals surface area contributed by atoms with Gasteiger partial charge >= 0.3 is 0 Å². The molecule has 2 atom stereocenters. The highest BCUT2D eigenvalue weighted by Crippen LogP contribution is 2.28. The topological polar surface area (TPSA) is 9.23 Å². The van der Waals surface area contributed by atoms with Gasteiger partial charge in [0.25, 0.3) is 0 Å². The molecular weight excluding hydrogens is 184 g/mol. The lowest BCUT2D eigenvalue weighted by Gasteiger charge is -2.14. The Kier molecular flexibility index (Phi) is 4.72. The van der Waals surface area contributed by atoms with E-state index in [0.717, 1.165) is 25.0 Å². The summed E-state index contributed by atoms with van der Waals surface area (Å²) in [5.41, 5.74) is 0. The molecule has 86 valence electrons. The van der Waals surface area contributed by atoms with Gasteiger partial charge in [-0.05, 0) is 25.2 Å². The van der Waals surface area contributed by atoms with E-state index in [1.807, 2.05) is 0 Å².